The van der Waals surface area contributed by atoms with Crippen LogP contribution in [0.15, 0.2) is 12.3 Å². The summed E-state index contributed by atoms with van der Waals surface area (Å²) in [6.45, 7) is 6.94. The zero-order valence-electron chi connectivity index (χ0n) is 5.02. The van der Waals surface area contributed by atoms with Gasteiger partial charge in [0.25, 0.3) is 0 Å². The fraction of sp³-hybridized carbons (Fsp3) is 0.667. The molecule has 1 saturated heterocycles. The van der Waals surface area contributed by atoms with Gasteiger partial charge in [-0.05, 0) is 6.92 Å². The molecule has 0 spiro atoms. The van der Waals surface area contributed by atoms with Crippen molar-refractivity contribution in [3.63, 3.8) is 0 Å². The Morgan fingerprint density at radius 1 is 2.00 bits per heavy atom. The van der Waals surface area contributed by atoms with E-state index >= 15 is 0 Å². The van der Waals surface area contributed by atoms with Gasteiger partial charge in [0.2, 0.25) is 0 Å². The van der Waals surface area contributed by atoms with Crippen LogP contribution in [0.1, 0.15) is 6.92 Å². The van der Waals surface area contributed by atoms with Gasteiger partial charge in [0, 0.05) is 0 Å². The van der Waals surface area contributed by atoms with E-state index in [9.17, 15) is 0 Å². The van der Waals surface area contributed by atoms with Crippen molar-refractivity contribution in [3.05, 3.63) is 12.3 Å². The fourth-order valence-corrected chi connectivity index (χ4v) is 0.399. The lowest BCUT2D eigenvalue weighted by Crippen LogP contribution is -1.97. The van der Waals surface area contributed by atoms with Crippen molar-refractivity contribution >= 4 is 0 Å². The lowest BCUT2D eigenvalue weighted by Gasteiger charge is -1.99. The molecule has 0 saturated carbocycles. The van der Waals surface area contributed by atoms with Gasteiger partial charge in [-0.1, -0.05) is 6.58 Å². The predicted octanol–water partition coefficient (Wildman–Crippen LogP) is 0.935. The van der Waals surface area contributed by atoms with Gasteiger partial charge in [-0.3, -0.25) is 0 Å². The quantitative estimate of drug-likeness (QED) is 0.402. The SMILES string of the molecule is C=C(C)OCC1CO1. The summed E-state index contributed by atoms with van der Waals surface area (Å²) in [6.07, 6.45) is 0.353. The highest BCUT2D eigenvalue weighted by Crippen LogP contribution is 2.09. The van der Waals surface area contributed by atoms with E-state index < -0.39 is 0 Å². The summed E-state index contributed by atoms with van der Waals surface area (Å²) in [6, 6.07) is 0. The number of rotatable bonds is 3. The van der Waals surface area contributed by atoms with Crippen LogP contribution in [-0.4, -0.2) is 19.3 Å². The average Bonchev–Trinajstić information content (AvgIpc) is 2.41. The van der Waals surface area contributed by atoms with Crippen LogP contribution in [0.25, 0.3) is 0 Å². The summed E-state index contributed by atoms with van der Waals surface area (Å²) < 4.78 is 9.94. The Morgan fingerprint density at radius 3 is 3.00 bits per heavy atom. The molecule has 46 valence electrons. The van der Waals surface area contributed by atoms with Gasteiger partial charge in [-0.2, -0.15) is 0 Å². The largest absolute Gasteiger partial charge is 0.496 e. The number of ether oxygens (including phenoxy) is 2. The van der Waals surface area contributed by atoms with Gasteiger partial charge in [0.1, 0.15) is 12.7 Å². The molecular formula is C6H10O2. The van der Waals surface area contributed by atoms with E-state index in [2.05, 4.69) is 6.58 Å². The molecule has 0 aromatic heterocycles. The highest BCUT2D eigenvalue weighted by molar-refractivity contribution is 4.77. The zero-order chi connectivity index (χ0) is 5.98. The van der Waals surface area contributed by atoms with Gasteiger partial charge in [0.15, 0.2) is 0 Å². The molecule has 1 rings (SSSR count). The third kappa shape index (κ3) is 1.98. The van der Waals surface area contributed by atoms with Crippen molar-refractivity contribution in [2.45, 2.75) is 13.0 Å². The topological polar surface area (TPSA) is 21.8 Å². The Hall–Kier alpha value is -0.500. The van der Waals surface area contributed by atoms with Crippen molar-refractivity contribution in [3.8, 4) is 0 Å². The third-order valence-electron chi connectivity index (χ3n) is 0.918. The highest BCUT2D eigenvalue weighted by atomic mass is 16.6. The Kier molecular flexibility index (Phi) is 1.53. The molecule has 0 radical (unpaired) electrons. The summed E-state index contributed by atoms with van der Waals surface area (Å²) >= 11 is 0. The minimum absolute atomic E-state index is 0.353. The predicted molar refractivity (Wildman–Crippen MR) is 30.5 cm³/mol. The number of epoxide rings is 1. The van der Waals surface area contributed by atoms with E-state index in [-0.39, 0.29) is 0 Å². The van der Waals surface area contributed by atoms with Crippen LogP contribution in [0.2, 0.25) is 0 Å². The van der Waals surface area contributed by atoms with Gasteiger partial charge in [0.05, 0.1) is 12.4 Å². The Bertz CT molecular complexity index is 94.7. The molecule has 0 N–H and O–H groups in total. The number of allylic oxidation sites excluding steroid dienone is 1. The molecule has 1 heterocycles. The van der Waals surface area contributed by atoms with E-state index in [4.69, 9.17) is 9.47 Å². The van der Waals surface area contributed by atoms with Crippen molar-refractivity contribution in [1.82, 2.24) is 0 Å². The molecule has 8 heavy (non-hydrogen) atoms. The van der Waals surface area contributed by atoms with Gasteiger partial charge in [-0.25, -0.2) is 0 Å². The zero-order valence-corrected chi connectivity index (χ0v) is 5.02. The molecule has 0 aromatic rings. The van der Waals surface area contributed by atoms with Gasteiger partial charge < -0.3 is 9.47 Å². The second kappa shape index (κ2) is 2.18. The minimum Gasteiger partial charge on any atom is -0.496 e. The number of hydrogen-bond acceptors (Lipinski definition) is 2. The normalized spacial score (nSPS) is 24.9. The Morgan fingerprint density at radius 2 is 2.62 bits per heavy atom. The van der Waals surface area contributed by atoms with E-state index in [1.54, 1.807) is 0 Å². The van der Waals surface area contributed by atoms with Crippen LogP contribution in [0.3, 0.4) is 0 Å². The Labute approximate surface area is 49.1 Å². The second-order valence-electron chi connectivity index (χ2n) is 1.97. The molecule has 0 aliphatic carbocycles. The average molecular weight is 114 g/mol. The standard InChI is InChI=1S/C6H10O2/c1-5(2)7-3-6-4-8-6/h6H,1,3-4H2,2H3. The van der Waals surface area contributed by atoms with Crippen LogP contribution in [0, 0.1) is 0 Å². The third-order valence-corrected chi connectivity index (χ3v) is 0.918. The molecular weight excluding hydrogens is 104 g/mol. The molecule has 1 unspecified atom stereocenters. The van der Waals surface area contributed by atoms with E-state index in [1.807, 2.05) is 6.92 Å². The number of hydrogen-bond donors (Lipinski definition) is 0. The monoisotopic (exact) mass is 114 g/mol. The maximum absolute atomic E-state index is 5.05. The molecule has 2 heteroatoms. The van der Waals surface area contributed by atoms with E-state index in [0.29, 0.717) is 12.7 Å². The molecule has 0 aromatic carbocycles. The maximum Gasteiger partial charge on any atom is 0.116 e. The van der Waals surface area contributed by atoms with Crippen molar-refractivity contribution in [1.29, 1.82) is 0 Å². The first-order valence-corrected chi connectivity index (χ1v) is 2.69. The Balaban J connectivity index is 1.95. The van der Waals surface area contributed by atoms with Crippen LogP contribution in [0.4, 0.5) is 0 Å². The molecule has 0 amide bonds. The van der Waals surface area contributed by atoms with Crippen LogP contribution >= 0.6 is 0 Å². The molecule has 1 fully saturated rings. The first kappa shape index (κ1) is 5.63. The van der Waals surface area contributed by atoms with Crippen molar-refractivity contribution in [2.75, 3.05) is 13.2 Å². The summed E-state index contributed by atoms with van der Waals surface area (Å²) in [5.41, 5.74) is 0. The summed E-state index contributed by atoms with van der Waals surface area (Å²) in [4.78, 5) is 0. The first-order valence-electron chi connectivity index (χ1n) is 2.69. The summed E-state index contributed by atoms with van der Waals surface area (Å²) in [7, 11) is 0. The lowest BCUT2D eigenvalue weighted by molar-refractivity contribution is 0.186. The minimum atomic E-state index is 0.353. The molecule has 1 atom stereocenters. The van der Waals surface area contributed by atoms with Crippen LogP contribution < -0.4 is 0 Å². The van der Waals surface area contributed by atoms with Crippen LogP contribution in [0.5, 0.6) is 0 Å². The van der Waals surface area contributed by atoms with E-state index in [1.165, 1.54) is 0 Å². The van der Waals surface area contributed by atoms with Crippen molar-refractivity contribution in [2.24, 2.45) is 0 Å². The molecule has 1 aliphatic heterocycles. The van der Waals surface area contributed by atoms with Crippen LogP contribution in [-0.2, 0) is 9.47 Å². The van der Waals surface area contributed by atoms with E-state index in [0.717, 1.165) is 12.4 Å². The molecule has 2 nitrogen and oxygen atoms in total. The molecule has 0 bridgehead atoms. The molecule has 1 aliphatic rings. The second-order valence-corrected chi connectivity index (χ2v) is 1.97. The summed E-state index contributed by atoms with van der Waals surface area (Å²) in [5, 5.41) is 0. The fourth-order valence-electron chi connectivity index (χ4n) is 0.399. The smallest absolute Gasteiger partial charge is 0.116 e. The summed E-state index contributed by atoms with van der Waals surface area (Å²) in [5.74, 6) is 0.764. The highest BCUT2D eigenvalue weighted by Gasteiger charge is 2.22. The van der Waals surface area contributed by atoms with Gasteiger partial charge in [-0.15, -0.1) is 0 Å². The van der Waals surface area contributed by atoms with Gasteiger partial charge >= 0.3 is 0 Å². The van der Waals surface area contributed by atoms with Crippen molar-refractivity contribution < 1.29 is 9.47 Å². The maximum atomic E-state index is 5.05. The lowest BCUT2D eigenvalue weighted by atomic mass is 10.5. The first-order chi connectivity index (χ1) is 3.79.